The summed E-state index contributed by atoms with van der Waals surface area (Å²) in [6.45, 7) is 4.10. The van der Waals surface area contributed by atoms with Gasteiger partial charge in [0.2, 0.25) is 0 Å². The highest BCUT2D eigenvalue weighted by atomic mass is 19.1. The highest BCUT2D eigenvalue weighted by molar-refractivity contribution is 6.23. The lowest BCUT2D eigenvalue weighted by Gasteiger charge is -2.12. The van der Waals surface area contributed by atoms with Crippen LogP contribution in [-0.2, 0) is 0 Å². The first-order valence-corrected chi connectivity index (χ1v) is 3.76. The number of hydrogen-bond donors (Lipinski definition) is 0. The van der Waals surface area contributed by atoms with Crippen LogP contribution in [0.3, 0.4) is 0 Å². The zero-order chi connectivity index (χ0) is 8.48. The summed E-state index contributed by atoms with van der Waals surface area (Å²) in [7, 11) is 1.78. The van der Waals surface area contributed by atoms with Crippen LogP contribution < -0.4 is 0 Å². The van der Waals surface area contributed by atoms with Crippen LogP contribution in [0, 0.1) is 5.41 Å². The Kier molecular flexibility index (Phi) is 2.03. The van der Waals surface area contributed by atoms with Gasteiger partial charge in [-0.1, -0.05) is 37.5 Å². The van der Waals surface area contributed by atoms with E-state index in [9.17, 15) is 4.39 Å². The Labute approximate surface area is 67.9 Å². The predicted octanol–water partition coefficient (Wildman–Crippen LogP) is 1.95. The molecule has 0 aromatic rings. The van der Waals surface area contributed by atoms with E-state index in [0.29, 0.717) is 5.47 Å². The second-order valence-corrected chi connectivity index (χ2v) is 3.52. The molecular formula is C9H12BF. The van der Waals surface area contributed by atoms with Crippen molar-refractivity contribution in [2.24, 2.45) is 5.41 Å². The molecule has 0 amide bonds. The minimum absolute atomic E-state index is 0.0188. The van der Waals surface area contributed by atoms with Crippen molar-refractivity contribution in [1.29, 1.82) is 0 Å². The Balaban J connectivity index is 3.01. The van der Waals surface area contributed by atoms with Crippen molar-refractivity contribution in [2.45, 2.75) is 13.8 Å². The van der Waals surface area contributed by atoms with Gasteiger partial charge in [-0.3, -0.25) is 0 Å². The fourth-order valence-corrected chi connectivity index (χ4v) is 0.894. The molecule has 0 fully saturated rings. The van der Waals surface area contributed by atoms with Crippen LogP contribution in [0.2, 0.25) is 0 Å². The van der Waals surface area contributed by atoms with Crippen LogP contribution in [0.5, 0.6) is 0 Å². The summed E-state index contributed by atoms with van der Waals surface area (Å²) in [6.07, 6.45) is 7.24. The topological polar surface area (TPSA) is 0 Å². The van der Waals surface area contributed by atoms with E-state index in [4.69, 9.17) is 0 Å². The maximum Gasteiger partial charge on any atom is 0.143 e. The molecule has 0 aromatic heterocycles. The predicted molar refractivity (Wildman–Crippen MR) is 48.7 cm³/mol. The first-order valence-electron chi connectivity index (χ1n) is 3.76. The maximum absolute atomic E-state index is 12.9. The molecule has 1 aliphatic rings. The molecule has 1 aliphatic carbocycles. The van der Waals surface area contributed by atoms with Crippen LogP contribution >= 0.6 is 0 Å². The average molecular weight is 150 g/mol. The van der Waals surface area contributed by atoms with Crippen molar-refractivity contribution in [3.8, 4) is 0 Å². The Morgan fingerprint density at radius 2 is 1.82 bits per heavy atom. The van der Waals surface area contributed by atoms with Crippen molar-refractivity contribution >= 4 is 7.85 Å². The van der Waals surface area contributed by atoms with Crippen LogP contribution in [0.1, 0.15) is 13.8 Å². The lowest BCUT2D eigenvalue weighted by Crippen LogP contribution is -2.00. The van der Waals surface area contributed by atoms with E-state index in [-0.39, 0.29) is 11.2 Å². The fraction of sp³-hybridized carbons (Fsp3) is 0.333. The molecular weight excluding hydrogens is 138 g/mol. The normalized spacial score (nSPS) is 22.1. The van der Waals surface area contributed by atoms with Gasteiger partial charge < -0.3 is 0 Å². The van der Waals surface area contributed by atoms with Crippen molar-refractivity contribution in [3.63, 3.8) is 0 Å². The lowest BCUT2D eigenvalue weighted by atomic mass is 9.90. The van der Waals surface area contributed by atoms with Gasteiger partial charge in [-0.15, -0.1) is 0 Å². The molecule has 0 N–H and O–H groups in total. The molecule has 0 aromatic carbocycles. The minimum atomic E-state index is -0.133. The quantitative estimate of drug-likeness (QED) is 0.463. The third kappa shape index (κ3) is 2.07. The second kappa shape index (κ2) is 2.69. The van der Waals surface area contributed by atoms with Gasteiger partial charge in [-0.25, -0.2) is 4.39 Å². The monoisotopic (exact) mass is 150 g/mol. The molecule has 0 bridgehead atoms. The summed E-state index contributed by atoms with van der Waals surface area (Å²) in [5.41, 5.74) is 0.682. The average Bonchev–Trinajstić information content (AvgIpc) is 2.03. The highest BCUT2D eigenvalue weighted by Crippen LogP contribution is 2.24. The van der Waals surface area contributed by atoms with Gasteiger partial charge in [-0.05, 0) is 6.08 Å². The fourth-order valence-electron chi connectivity index (χ4n) is 0.894. The van der Waals surface area contributed by atoms with E-state index in [1.54, 1.807) is 7.85 Å². The van der Waals surface area contributed by atoms with Crippen LogP contribution in [-0.4, -0.2) is 7.85 Å². The van der Waals surface area contributed by atoms with Crippen LogP contribution in [0.25, 0.3) is 0 Å². The molecule has 0 spiro atoms. The summed E-state index contributed by atoms with van der Waals surface area (Å²) < 4.78 is 12.9. The zero-order valence-corrected chi connectivity index (χ0v) is 7.19. The van der Waals surface area contributed by atoms with Crippen molar-refractivity contribution in [1.82, 2.24) is 0 Å². The molecule has 1 rings (SSSR count). The number of rotatable bonds is 0. The molecule has 0 radical (unpaired) electrons. The molecule has 58 valence electrons. The van der Waals surface area contributed by atoms with Gasteiger partial charge in [0, 0.05) is 5.41 Å². The van der Waals surface area contributed by atoms with Crippen molar-refractivity contribution in [3.05, 3.63) is 35.6 Å². The van der Waals surface area contributed by atoms with E-state index in [1.165, 1.54) is 6.08 Å². The number of halogens is 1. The van der Waals surface area contributed by atoms with E-state index in [1.807, 2.05) is 32.1 Å². The van der Waals surface area contributed by atoms with Gasteiger partial charge in [-0.2, -0.15) is 0 Å². The van der Waals surface area contributed by atoms with Gasteiger partial charge in [0.15, 0.2) is 0 Å². The van der Waals surface area contributed by atoms with E-state index in [2.05, 4.69) is 0 Å². The van der Waals surface area contributed by atoms with Gasteiger partial charge >= 0.3 is 0 Å². The summed E-state index contributed by atoms with van der Waals surface area (Å²) in [4.78, 5) is 0. The minimum Gasteiger partial charge on any atom is -0.208 e. The van der Waals surface area contributed by atoms with Crippen molar-refractivity contribution < 1.29 is 4.39 Å². The molecule has 0 unspecified atom stereocenters. The Bertz CT molecular complexity index is 222. The lowest BCUT2D eigenvalue weighted by molar-refractivity contribution is 0.620. The smallest absolute Gasteiger partial charge is 0.143 e. The van der Waals surface area contributed by atoms with Crippen molar-refractivity contribution in [2.75, 3.05) is 0 Å². The Morgan fingerprint density at radius 3 is 2.45 bits per heavy atom. The summed E-state index contributed by atoms with van der Waals surface area (Å²) in [5.74, 6) is -0.133. The second-order valence-electron chi connectivity index (χ2n) is 3.52. The molecule has 0 saturated heterocycles. The SMILES string of the molecule is BC1=C(F)C=CC(C)(C)C=C1. The van der Waals surface area contributed by atoms with Gasteiger partial charge in [0.25, 0.3) is 0 Å². The van der Waals surface area contributed by atoms with E-state index < -0.39 is 0 Å². The molecule has 0 atom stereocenters. The zero-order valence-electron chi connectivity index (χ0n) is 7.19. The Hall–Kier alpha value is -0.785. The van der Waals surface area contributed by atoms with E-state index >= 15 is 0 Å². The third-order valence-corrected chi connectivity index (χ3v) is 1.80. The largest absolute Gasteiger partial charge is 0.208 e. The van der Waals surface area contributed by atoms with E-state index in [0.717, 1.165) is 0 Å². The Morgan fingerprint density at radius 1 is 1.27 bits per heavy atom. The standard InChI is InChI=1S/C9H12BF/c1-9(2)5-3-7(10)8(11)4-6-9/h3-6H,10H2,1-2H3. The van der Waals surface area contributed by atoms with Crippen LogP contribution in [0.15, 0.2) is 35.6 Å². The van der Waals surface area contributed by atoms with Gasteiger partial charge in [0.05, 0.1) is 0 Å². The molecule has 0 aliphatic heterocycles. The molecule has 11 heavy (non-hydrogen) atoms. The summed E-state index contributed by atoms with van der Waals surface area (Å²) in [5, 5.41) is 0. The highest BCUT2D eigenvalue weighted by Gasteiger charge is 2.11. The molecule has 2 heteroatoms. The van der Waals surface area contributed by atoms with Crippen LogP contribution in [0.4, 0.5) is 4.39 Å². The number of allylic oxidation sites excluding steroid dienone is 6. The summed E-state index contributed by atoms with van der Waals surface area (Å²) >= 11 is 0. The first kappa shape index (κ1) is 8.31. The van der Waals surface area contributed by atoms with Gasteiger partial charge in [0.1, 0.15) is 13.7 Å². The third-order valence-electron chi connectivity index (χ3n) is 1.80. The molecule has 0 saturated carbocycles. The first-order chi connectivity index (χ1) is 5.01. The summed E-state index contributed by atoms with van der Waals surface area (Å²) in [6, 6.07) is 0. The maximum atomic E-state index is 12.9. The molecule has 0 heterocycles. The number of hydrogen-bond acceptors (Lipinski definition) is 0. The molecule has 0 nitrogen and oxygen atoms in total.